The Morgan fingerprint density at radius 2 is 1.67 bits per heavy atom. The summed E-state index contributed by atoms with van der Waals surface area (Å²) in [5.74, 6) is -2.15. The van der Waals surface area contributed by atoms with E-state index < -0.39 is 17.4 Å². The fourth-order valence-electron chi connectivity index (χ4n) is 2.40. The van der Waals surface area contributed by atoms with E-state index in [4.69, 9.17) is 4.74 Å². The molecule has 0 spiro atoms. The first-order valence-electron chi connectivity index (χ1n) is 7.36. The first kappa shape index (κ1) is 17.2. The van der Waals surface area contributed by atoms with Gasteiger partial charge in [-0.15, -0.1) is 0 Å². The number of carboxylic acids is 1. The molecule has 0 amide bonds. The van der Waals surface area contributed by atoms with Gasteiger partial charge >= 0.3 is 11.9 Å². The van der Waals surface area contributed by atoms with Crippen molar-refractivity contribution in [3.05, 3.63) is 35.4 Å². The second kappa shape index (κ2) is 7.25. The number of hydrogen-bond donors (Lipinski definition) is 1. The van der Waals surface area contributed by atoms with Crippen molar-refractivity contribution in [1.29, 1.82) is 0 Å². The Bertz CT molecular complexity index is 490. The van der Waals surface area contributed by atoms with Gasteiger partial charge in [0.05, 0.1) is 6.61 Å². The number of rotatable bonds is 7. The lowest BCUT2D eigenvalue weighted by Gasteiger charge is -2.31. The quantitative estimate of drug-likeness (QED) is 0.619. The van der Waals surface area contributed by atoms with Gasteiger partial charge in [-0.2, -0.15) is 0 Å². The van der Waals surface area contributed by atoms with Gasteiger partial charge in [0.15, 0.2) is 5.41 Å². The maximum absolute atomic E-state index is 12.3. The van der Waals surface area contributed by atoms with Crippen LogP contribution in [0.5, 0.6) is 0 Å². The van der Waals surface area contributed by atoms with Crippen molar-refractivity contribution >= 4 is 11.9 Å². The van der Waals surface area contributed by atoms with Crippen molar-refractivity contribution in [2.75, 3.05) is 6.61 Å². The van der Waals surface area contributed by atoms with E-state index in [9.17, 15) is 14.7 Å². The Morgan fingerprint density at radius 3 is 2.05 bits per heavy atom. The van der Waals surface area contributed by atoms with Crippen LogP contribution < -0.4 is 0 Å². The van der Waals surface area contributed by atoms with Crippen molar-refractivity contribution in [2.45, 2.75) is 40.5 Å². The van der Waals surface area contributed by atoms with Crippen molar-refractivity contribution in [1.82, 2.24) is 0 Å². The van der Waals surface area contributed by atoms with Crippen LogP contribution in [0.15, 0.2) is 24.3 Å². The molecule has 1 aromatic rings. The predicted octanol–water partition coefficient (Wildman–Crippen LogP) is 3.08. The largest absolute Gasteiger partial charge is 0.480 e. The minimum Gasteiger partial charge on any atom is -0.480 e. The van der Waals surface area contributed by atoms with Crippen LogP contribution in [0, 0.1) is 11.3 Å². The van der Waals surface area contributed by atoms with Crippen LogP contribution in [-0.4, -0.2) is 23.7 Å². The molecule has 0 heterocycles. The summed E-state index contributed by atoms with van der Waals surface area (Å²) in [6.07, 6.45) is 1.06. The van der Waals surface area contributed by atoms with Gasteiger partial charge in [0, 0.05) is 0 Å². The fraction of sp³-hybridized carbons (Fsp3) is 0.529. The van der Waals surface area contributed by atoms with Gasteiger partial charge in [-0.1, -0.05) is 45.0 Å². The summed E-state index contributed by atoms with van der Waals surface area (Å²) in [6.45, 7) is 7.40. The number of esters is 1. The molecule has 0 fully saturated rings. The van der Waals surface area contributed by atoms with Gasteiger partial charge in [-0.25, -0.2) is 0 Å². The Morgan fingerprint density at radius 1 is 1.14 bits per heavy atom. The average molecular weight is 292 g/mol. The Kier molecular flexibility index (Phi) is 5.94. The van der Waals surface area contributed by atoms with E-state index >= 15 is 0 Å². The SMILES string of the molecule is CCOC(=O)C(Cc1ccc(CC)cc1)(C(=O)O)C(C)C. The molecule has 116 valence electrons. The number of carbonyl (C=O) groups excluding carboxylic acids is 1. The lowest BCUT2D eigenvalue weighted by atomic mass is 9.72. The molecule has 0 aliphatic carbocycles. The summed E-state index contributed by atoms with van der Waals surface area (Å²) in [5, 5.41) is 9.65. The summed E-state index contributed by atoms with van der Waals surface area (Å²) >= 11 is 0. The molecule has 1 aromatic carbocycles. The highest BCUT2D eigenvalue weighted by atomic mass is 16.5. The monoisotopic (exact) mass is 292 g/mol. The normalized spacial score (nSPS) is 13.8. The summed E-state index contributed by atoms with van der Waals surface area (Å²) in [5.41, 5.74) is 0.473. The van der Waals surface area contributed by atoms with Crippen molar-refractivity contribution in [2.24, 2.45) is 11.3 Å². The van der Waals surface area contributed by atoms with E-state index in [1.807, 2.05) is 24.3 Å². The molecule has 0 aliphatic heterocycles. The third-order valence-corrected chi connectivity index (χ3v) is 3.92. The van der Waals surface area contributed by atoms with Crippen LogP contribution in [0.1, 0.15) is 38.8 Å². The third kappa shape index (κ3) is 3.63. The number of carboxylic acid groups (broad SMARTS) is 1. The van der Waals surface area contributed by atoms with Crippen LogP contribution in [0.4, 0.5) is 0 Å². The molecule has 1 rings (SSSR count). The van der Waals surface area contributed by atoms with Crippen molar-refractivity contribution < 1.29 is 19.4 Å². The summed E-state index contributed by atoms with van der Waals surface area (Å²) in [7, 11) is 0. The van der Waals surface area contributed by atoms with Crippen LogP contribution in [0.3, 0.4) is 0 Å². The lowest BCUT2D eigenvalue weighted by molar-refractivity contribution is -0.172. The van der Waals surface area contributed by atoms with Gasteiger partial charge < -0.3 is 9.84 Å². The molecule has 21 heavy (non-hydrogen) atoms. The van der Waals surface area contributed by atoms with Gasteiger partial charge in [-0.05, 0) is 36.8 Å². The molecular weight excluding hydrogens is 268 g/mol. The number of benzene rings is 1. The lowest BCUT2D eigenvalue weighted by Crippen LogP contribution is -2.46. The molecule has 1 N–H and O–H groups in total. The molecule has 0 aromatic heterocycles. The van der Waals surface area contributed by atoms with Crippen LogP contribution in [-0.2, 0) is 27.2 Å². The minimum atomic E-state index is -1.54. The first-order valence-corrected chi connectivity index (χ1v) is 7.36. The highest BCUT2D eigenvalue weighted by Gasteiger charge is 2.50. The van der Waals surface area contributed by atoms with Crippen molar-refractivity contribution in [3.8, 4) is 0 Å². The van der Waals surface area contributed by atoms with Crippen molar-refractivity contribution in [3.63, 3.8) is 0 Å². The Balaban J connectivity index is 3.16. The molecule has 0 radical (unpaired) electrons. The maximum atomic E-state index is 12.3. The second-order valence-electron chi connectivity index (χ2n) is 5.50. The van der Waals surface area contributed by atoms with Gasteiger partial charge in [-0.3, -0.25) is 9.59 Å². The number of aryl methyl sites for hydroxylation is 1. The highest BCUT2D eigenvalue weighted by molar-refractivity contribution is 5.99. The van der Waals surface area contributed by atoms with E-state index in [2.05, 4.69) is 6.92 Å². The minimum absolute atomic E-state index is 0.142. The van der Waals surface area contributed by atoms with E-state index in [1.54, 1.807) is 20.8 Å². The molecule has 0 saturated heterocycles. The average Bonchev–Trinajstić information content (AvgIpc) is 2.44. The van der Waals surface area contributed by atoms with Crippen LogP contribution in [0.2, 0.25) is 0 Å². The first-order chi connectivity index (χ1) is 9.88. The van der Waals surface area contributed by atoms with E-state index in [-0.39, 0.29) is 18.9 Å². The zero-order valence-corrected chi connectivity index (χ0v) is 13.2. The van der Waals surface area contributed by atoms with E-state index in [0.29, 0.717) is 0 Å². The summed E-state index contributed by atoms with van der Waals surface area (Å²) in [4.78, 5) is 24.1. The number of aliphatic carboxylic acids is 1. The molecule has 0 bridgehead atoms. The predicted molar refractivity (Wildman–Crippen MR) is 81.1 cm³/mol. The van der Waals surface area contributed by atoms with Gasteiger partial charge in [0.1, 0.15) is 0 Å². The number of carbonyl (C=O) groups is 2. The molecule has 4 heteroatoms. The standard InChI is InChI=1S/C17H24O4/c1-5-13-7-9-14(10-8-13)11-17(12(3)4,15(18)19)16(20)21-6-2/h7-10,12H,5-6,11H2,1-4H3,(H,18,19). The molecule has 0 aliphatic rings. The molecule has 4 nitrogen and oxygen atoms in total. The Hall–Kier alpha value is -1.84. The smallest absolute Gasteiger partial charge is 0.324 e. The molecular formula is C17H24O4. The molecule has 1 unspecified atom stereocenters. The van der Waals surface area contributed by atoms with Gasteiger partial charge in [0.25, 0.3) is 0 Å². The zero-order chi connectivity index (χ0) is 16.0. The number of hydrogen-bond acceptors (Lipinski definition) is 3. The van der Waals surface area contributed by atoms with Crippen LogP contribution >= 0.6 is 0 Å². The van der Waals surface area contributed by atoms with Gasteiger partial charge in [0.2, 0.25) is 0 Å². The van der Waals surface area contributed by atoms with E-state index in [0.717, 1.165) is 12.0 Å². The van der Waals surface area contributed by atoms with Crippen LogP contribution in [0.25, 0.3) is 0 Å². The number of ether oxygens (including phenoxy) is 1. The summed E-state index contributed by atoms with van der Waals surface area (Å²) < 4.78 is 5.03. The topological polar surface area (TPSA) is 63.6 Å². The molecule has 1 atom stereocenters. The highest BCUT2D eigenvalue weighted by Crippen LogP contribution is 2.34. The third-order valence-electron chi connectivity index (χ3n) is 3.92. The second-order valence-corrected chi connectivity index (χ2v) is 5.50. The Labute approximate surface area is 126 Å². The maximum Gasteiger partial charge on any atom is 0.324 e. The zero-order valence-electron chi connectivity index (χ0n) is 13.2. The fourth-order valence-corrected chi connectivity index (χ4v) is 2.40. The molecule has 0 saturated carbocycles. The summed E-state index contributed by atoms with van der Waals surface area (Å²) in [6, 6.07) is 7.71. The van der Waals surface area contributed by atoms with E-state index in [1.165, 1.54) is 5.56 Å².